The van der Waals surface area contributed by atoms with Crippen molar-refractivity contribution >= 4 is 23.1 Å². The molecule has 0 aliphatic carbocycles. The summed E-state index contributed by atoms with van der Waals surface area (Å²) in [6.07, 6.45) is 9.03. The number of nitrogens with zero attached hydrogens (tertiary/aromatic N) is 5. The third-order valence-corrected chi connectivity index (χ3v) is 6.74. The molecule has 3 aromatic heterocycles. The molecule has 30 heavy (non-hydrogen) atoms. The number of pyridine rings is 1. The van der Waals surface area contributed by atoms with Crippen LogP contribution in [0, 0.1) is 24.6 Å². The normalized spacial score (nSPS) is 27.1. The Balaban J connectivity index is 1.17. The van der Waals surface area contributed by atoms with E-state index in [2.05, 4.69) is 30.5 Å². The van der Waals surface area contributed by atoms with Gasteiger partial charge < -0.3 is 19.9 Å². The second kappa shape index (κ2) is 6.46. The minimum absolute atomic E-state index is 0.196. The van der Waals surface area contributed by atoms with Gasteiger partial charge in [0.25, 0.3) is 5.91 Å². The largest absolute Gasteiger partial charge is 0.355 e. The van der Waals surface area contributed by atoms with Crippen molar-refractivity contribution < 1.29 is 9.18 Å². The summed E-state index contributed by atoms with van der Waals surface area (Å²) in [6, 6.07) is 2.53. The highest BCUT2D eigenvalue weighted by atomic mass is 19.1. The summed E-state index contributed by atoms with van der Waals surface area (Å²) in [6.45, 7) is 3.77. The first-order valence-corrected chi connectivity index (χ1v) is 10.3. The first-order chi connectivity index (χ1) is 14.5. The van der Waals surface area contributed by atoms with Gasteiger partial charge in [0.1, 0.15) is 11.5 Å². The van der Waals surface area contributed by atoms with Crippen LogP contribution in [0.2, 0.25) is 0 Å². The van der Waals surface area contributed by atoms with Crippen molar-refractivity contribution in [3.8, 4) is 0 Å². The third kappa shape index (κ3) is 2.76. The lowest BCUT2D eigenvalue weighted by Gasteiger charge is -2.19. The zero-order valence-electron chi connectivity index (χ0n) is 16.5. The fourth-order valence-electron chi connectivity index (χ4n) is 5.41. The average molecular weight is 407 g/mol. The standard InChI is InChI=1S/C21H22FN7O/c1-11-7-29-8-12(4-15(22)20(29)25-11)26-21(30)18-5-24-19(6-23-18)28-9-13-14(10-28)17-3-2-16(13)27-17/h4-8,13-14,16-17,27H,2-3,9-10H2,1H3,(H,26,30)/t13-,14+,16-,17+. The molecule has 0 aromatic carbocycles. The first-order valence-electron chi connectivity index (χ1n) is 10.3. The number of rotatable bonds is 3. The molecule has 2 N–H and O–H groups in total. The van der Waals surface area contributed by atoms with E-state index in [0.717, 1.165) is 18.9 Å². The summed E-state index contributed by atoms with van der Waals surface area (Å²) in [5.74, 6) is 1.26. The SMILES string of the molecule is Cc1cn2cc(NC(=O)c3cnc(N4C[C@@H]5[C@H](C4)[C@@H]4CC[C@H]5N4)cn3)cc(F)c2n1. The number of aryl methyl sites for hydroxylation is 1. The Kier molecular flexibility index (Phi) is 3.83. The van der Waals surface area contributed by atoms with Crippen LogP contribution in [-0.2, 0) is 0 Å². The molecule has 9 heteroatoms. The minimum Gasteiger partial charge on any atom is -0.355 e. The Morgan fingerprint density at radius 2 is 1.93 bits per heavy atom. The number of hydrogen-bond acceptors (Lipinski definition) is 6. The maximum atomic E-state index is 14.2. The Morgan fingerprint density at radius 1 is 1.17 bits per heavy atom. The highest BCUT2D eigenvalue weighted by Crippen LogP contribution is 2.43. The monoisotopic (exact) mass is 407 g/mol. The number of carbonyl (C=O) groups is 1. The van der Waals surface area contributed by atoms with Gasteiger partial charge in [0.2, 0.25) is 0 Å². The Bertz CT molecular complexity index is 1130. The maximum Gasteiger partial charge on any atom is 0.275 e. The summed E-state index contributed by atoms with van der Waals surface area (Å²) in [5.41, 5.74) is 1.47. The van der Waals surface area contributed by atoms with E-state index < -0.39 is 11.7 Å². The summed E-state index contributed by atoms with van der Waals surface area (Å²) >= 11 is 0. The summed E-state index contributed by atoms with van der Waals surface area (Å²) in [4.78, 5) is 27.8. The van der Waals surface area contributed by atoms with Gasteiger partial charge in [-0.05, 0) is 31.6 Å². The smallest absolute Gasteiger partial charge is 0.275 e. The molecule has 6 heterocycles. The van der Waals surface area contributed by atoms with E-state index in [1.54, 1.807) is 29.9 Å². The Hall–Kier alpha value is -3.07. The van der Waals surface area contributed by atoms with Crippen molar-refractivity contribution in [1.29, 1.82) is 0 Å². The van der Waals surface area contributed by atoms with Crippen LogP contribution in [0.25, 0.3) is 5.65 Å². The van der Waals surface area contributed by atoms with Crippen LogP contribution in [0.4, 0.5) is 15.9 Å². The van der Waals surface area contributed by atoms with Crippen molar-refractivity contribution in [1.82, 2.24) is 24.7 Å². The van der Waals surface area contributed by atoms with Gasteiger partial charge in [0.15, 0.2) is 11.5 Å². The molecule has 3 fully saturated rings. The molecule has 2 bridgehead atoms. The molecule has 3 saturated heterocycles. The van der Waals surface area contributed by atoms with Crippen LogP contribution in [0.5, 0.6) is 0 Å². The van der Waals surface area contributed by atoms with Crippen molar-refractivity contribution in [2.24, 2.45) is 11.8 Å². The third-order valence-electron chi connectivity index (χ3n) is 6.74. The fourth-order valence-corrected chi connectivity index (χ4v) is 5.41. The van der Waals surface area contributed by atoms with Crippen LogP contribution in [0.1, 0.15) is 29.0 Å². The lowest BCUT2D eigenvalue weighted by molar-refractivity contribution is 0.102. The lowest BCUT2D eigenvalue weighted by Crippen LogP contribution is -2.31. The molecule has 0 unspecified atom stereocenters. The van der Waals surface area contributed by atoms with Crippen molar-refractivity contribution in [2.45, 2.75) is 31.8 Å². The van der Waals surface area contributed by atoms with Gasteiger partial charge in [-0.25, -0.2) is 19.3 Å². The Labute approximate surface area is 172 Å². The van der Waals surface area contributed by atoms with E-state index in [4.69, 9.17) is 0 Å². The quantitative estimate of drug-likeness (QED) is 0.691. The first kappa shape index (κ1) is 17.8. The van der Waals surface area contributed by atoms with E-state index in [1.807, 2.05) is 0 Å². The van der Waals surface area contributed by atoms with E-state index in [1.165, 1.54) is 25.1 Å². The predicted molar refractivity (Wildman–Crippen MR) is 109 cm³/mol. The van der Waals surface area contributed by atoms with Gasteiger partial charge in [0, 0.05) is 43.6 Å². The van der Waals surface area contributed by atoms with Crippen LogP contribution >= 0.6 is 0 Å². The van der Waals surface area contributed by atoms with Gasteiger partial charge >= 0.3 is 0 Å². The molecule has 6 rings (SSSR count). The topological polar surface area (TPSA) is 87.5 Å². The molecule has 0 saturated carbocycles. The second-order valence-corrected chi connectivity index (χ2v) is 8.59. The number of aromatic nitrogens is 4. The van der Waals surface area contributed by atoms with E-state index in [0.29, 0.717) is 35.3 Å². The lowest BCUT2D eigenvalue weighted by atomic mass is 9.82. The number of nitrogens with one attached hydrogen (secondary N) is 2. The van der Waals surface area contributed by atoms with Crippen molar-refractivity contribution in [3.63, 3.8) is 0 Å². The molecule has 1 amide bonds. The van der Waals surface area contributed by atoms with Crippen LogP contribution in [0.15, 0.2) is 30.9 Å². The van der Waals surface area contributed by atoms with Gasteiger partial charge in [0.05, 0.1) is 23.8 Å². The highest BCUT2D eigenvalue weighted by Gasteiger charge is 2.51. The molecule has 0 spiro atoms. The zero-order chi connectivity index (χ0) is 20.4. The summed E-state index contributed by atoms with van der Waals surface area (Å²) in [7, 11) is 0. The molecule has 3 aliphatic rings. The fraction of sp³-hybridized carbons (Fsp3) is 0.429. The van der Waals surface area contributed by atoms with Crippen LogP contribution in [0.3, 0.4) is 0 Å². The highest BCUT2D eigenvalue weighted by molar-refractivity contribution is 6.02. The van der Waals surface area contributed by atoms with Crippen LogP contribution < -0.4 is 15.5 Å². The maximum absolute atomic E-state index is 14.2. The number of carbonyl (C=O) groups excluding carboxylic acids is 1. The Morgan fingerprint density at radius 3 is 2.63 bits per heavy atom. The summed E-state index contributed by atoms with van der Waals surface area (Å²) < 4.78 is 15.8. The van der Waals surface area contributed by atoms with Crippen molar-refractivity contribution in [3.05, 3.63) is 48.1 Å². The second-order valence-electron chi connectivity index (χ2n) is 8.59. The van der Waals surface area contributed by atoms with Gasteiger partial charge in [-0.3, -0.25) is 4.79 Å². The molecule has 3 aromatic rings. The number of anilines is 2. The van der Waals surface area contributed by atoms with E-state index in [-0.39, 0.29) is 11.3 Å². The number of amides is 1. The molecular weight excluding hydrogens is 385 g/mol. The molecule has 0 radical (unpaired) electrons. The van der Waals surface area contributed by atoms with Gasteiger partial charge in [-0.2, -0.15) is 0 Å². The number of halogens is 1. The van der Waals surface area contributed by atoms with Crippen molar-refractivity contribution in [2.75, 3.05) is 23.3 Å². The summed E-state index contributed by atoms with van der Waals surface area (Å²) in [5, 5.41) is 6.41. The average Bonchev–Trinajstić information content (AvgIpc) is 3.49. The molecule has 3 aliphatic heterocycles. The van der Waals surface area contributed by atoms with E-state index in [9.17, 15) is 9.18 Å². The number of fused-ring (bicyclic) bond motifs is 6. The molecule has 4 atom stereocenters. The zero-order valence-corrected chi connectivity index (χ0v) is 16.5. The van der Waals surface area contributed by atoms with Crippen LogP contribution in [-0.4, -0.2) is 50.4 Å². The van der Waals surface area contributed by atoms with E-state index >= 15 is 0 Å². The minimum atomic E-state index is -0.495. The van der Waals surface area contributed by atoms with Gasteiger partial charge in [-0.15, -0.1) is 0 Å². The number of hydrogen-bond donors (Lipinski definition) is 2. The number of imidazole rings is 1. The molecular formula is C21H22FN7O. The predicted octanol–water partition coefficient (Wildman–Crippen LogP) is 2.01. The molecule has 154 valence electrons. The van der Waals surface area contributed by atoms with Gasteiger partial charge in [-0.1, -0.05) is 0 Å². The molecule has 8 nitrogen and oxygen atoms in total.